The summed E-state index contributed by atoms with van der Waals surface area (Å²) in [6, 6.07) is 13.2. The largest absolute Gasteiger partial charge is 0.454 e. The Morgan fingerprint density at radius 1 is 1.03 bits per heavy atom. The van der Waals surface area contributed by atoms with Crippen molar-refractivity contribution in [2.45, 2.75) is 30.8 Å². The zero-order chi connectivity index (χ0) is 21.0. The molecular formula is C21H22FNO5S. The molecule has 6 nitrogen and oxygen atoms in total. The van der Waals surface area contributed by atoms with Crippen molar-refractivity contribution in [3.63, 3.8) is 0 Å². The fourth-order valence-corrected chi connectivity index (χ4v) is 4.72. The number of sulfonamides is 1. The first-order valence-corrected chi connectivity index (χ1v) is 10.8. The number of rotatable bonds is 6. The molecule has 0 bridgehead atoms. The van der Waals surface area contributed by atoms with Crippen LogP contribution in [0.1, 0.15) is 30.1 Å². The molecule has 1 atom stereocenters. The number of carbonyl (C=O) groups is 2. The highest BCUT2D eigenvalue weighted by atomic mass is 32.2. The maximum atomic E-state index is 13.0. The lowest BCUT2D eigenvalue weighted by Crippen LogP contribution is -2.41. The summed E-state index contributed by atoms with van der Waals surface area (Å²) >= 11 is 0. The van der Waals surface area contributed by atoms with Gasteiger partial charge in [0.2, 0.25) is 15.8 Å². The van der Waals surface area contributed by atoms with E-state index < -0.39 is 33.8 Å². The molecule has 0 N–H and O–H groups in total. The summed E-state index contributed by atoms with van der Waals surface area (Å²) < 4.78 is 44.9. The predicted molar refractivity (Wildman–Crippen MR) is 104 cm³/mol. The van der Waals surface area contributed by atoms with Crippen LogP contribution < -0.4 is 0 Å². The maximum absolute atomic E-state index is 13.0. The molecule has 0 saturated carbocycles. The first-order valence-electron chi connectivity index (χ1n) is 9.34. The molecule has 0 amide bonds. The topological polar surface area (TPSA) is 80.8 Å². The van der Waals surface area contributed by atoms with E-state index in [1.54, 1.807) is 30.3 Å². The van der Waals surface area contributed by atoms with Crippen LogP contribution in [0.2, 0.25) is 0 Å². The van der Waals surface area contributed by atoms with Crippen LogP contribution in [-0.4, -0.2) is 43.7 Å². The Kier molecular flexibility index (Phi) is 6.44. The monoisotopic (exact) mass is 419 g/mol. The number of esters is 1. The molecule has 0 radical (unpaired) electrons. The van der Waals surface area contributed by atoms with Crippen molar-refractivity contribution in [3.05, 3.63) is 66.0 Å². The van der Waals surface area contributed by atoms with Gasteiger partial charge in [-0.2, -0.15) is 4.31 Å². The number of ketones is 1. The third-order valence-electron chi connectivity index (χ3n) is 4.96. The van der Waals surface area contributed by atoms with Gasteiger partial charge in [-0.1, -0.05) is 30.3 Å². The minimum atomic E-state index is -3.74. The minimum Gasteiger partial charge on any atom is -0.454 e. The lowest BCUT2D eigenvalue weighted by molar-refractivity contribution is -0.152. The van der Waals surface area contributed by atoms with Crippen molar-refractivity contribution < 1.29 is 27.1 Å². The van der Waals surface area contributed by atoms with Crippen LogP contribution in [-0.2, 0) is 19.6 Å². The van der Waals surface area contributed by atoms with E-state index in [4.69, 9.17) is 4.74 Å². The van der Waals surface area contributed by atoms with Crippen molar-refractivity contribution in [2.24, 2.45) is 5.92 Å². The zero-order valence-electron chi connectivity index (χ0n) is 16.0. The van der Waals surface area contributed by atoms with Gasteiger partial charge in [0.05, 0.1) is 10.8 Å². The maximum Gasteiger partial charge on any atom is 0.309 e. The second-order valence-electron chi connectivity index (χ2n) is 6.94. The Hall–Kier alpha value is -2.58. The number of piperidine rings is 1. The summed E-state index contributed by atoms with van der Waals surface area (Å²) in [7, 11) is -3.74. The van der Waals surface area contributed by atoms with E-state index >= 15 is 0 Å². The first kappa shape index (κ1) is 21.1. The Labute approximate surface area is 169 Å². The molecule has 1 heterocycles. The number of benzene rings is 2. The SMILES string of the molecule is CC(OC(=O)C1CCN(S(=O)(=O)c2ccc(F)cc2)CC1)C(=O)c1ccccc1. The van der Waals surface area contributed by atoms with Gasteiger partial charge in [-0.25, -0.2) is 12.8 Å². The lowest BCUT2D eigenvalue weighted by Gasteiger charge is -2.30. The Bertz CT molecular complexity index is 968. The average molecular weight is 419 g/mol. The third kappa shape index (κ3) is 4.89. The van der Waals surface area contributed by atoms with E-state index in [2.05, 4.69) is 0 Å². The van der Waals surface area contributed by atoms with Crippen LogP contribution in [0.25, 0.3) is 0 Å². The molecular weight excluding hydrogens is 397 g/mol. The van der Waals surface area contributed by atoms with E-state index in [0.29, 0.717) is 18.4 Å². The lowest BCUT2D eigenvalue weighted by atomic mass is 9.98. The van der Waals surface area contributed by atoms with Gasteiger partial charge in [-0.3, -0.25) is 9.59 Å². The van der Waals surface area contributed by atoms with Gasteiger partial charge in [0, 0.05) is 18.7 Å². The van der Waals surface area contributed by atoms with Crippen molar-refractivity contribution in [3.8, 4) is 0 Å². The van der Waals surface area contributed by atoms with Gasteiger partial charge < -0.3 is 4.74 Å². The zero-order valence-corrected chi connectivity index (χ0v) is 16.8. The Morgan fingerprint density at radius 2 is 1.62 bits per heavy atom. The van der Waals surface area contributed by atoms with Gasteiger partial charge in [0.1, 0.15) is 5.82 Å². The second kappa shape index (κ2) is 8.84. The normalized spacial score (nSPS) is 16.9. The van der Waals surface area contributed by atoms with Gasteiger partial charge in [-0.15, -0.1) is 0 Å². The van der Waals surface area contributed by atoms with E-state index in [1.807, 2.05) is 0 Å². The van der Waals surface area contributed by atoms with Gasteiger partial charge in [-0.05, 0) is 44.0 Å². The fraction of sp³-hybridized carbons (Fsp3) is 0.333. The van der Waals surface area contributed by atoms with Crippen LogP contribution in [0, 0.1) is 11.7 Å². The van der Waals surface area contributed by atoms with Crippen molar-refractivity contribution >= 4 is 21.8 Å². The molecule has 0 aliphatic carbocycles. The highest BCUT2D eigenvalue weighted by molar-refractivity contribution is 7.89. The summed E-state index contributed by atoms with van der Waals surface area (Å²) in [6.07, 6.45) is -0.317. The molecule has 3 rings (SSSR count). The smallest absolute Gasteiger partial charge is 0.309 e. The number of carbonyl (C=O) groups excluding carboxylic acids is 2. The number of hydrogen-bond acceptors (Lipinski definition) is 5. The molecule has 1 aliphatic rings. The van der Waals surface area contributed by atoms with Gasteiger partial charge in [0.25, 0.3) is 0 Å². The van der Waals surface area contributed by atoms with Gasteiger partial charge >= 0.3 is 5.97 Å². The van der Waals surface area contributed by atoms with Crippen LogP contribution in [0.4, 0.5) is 4.39 Å². The third-order valence-corrected chi connectivity index (χ3v) is 6.87. The number of hydrogen-bond donors (Lipinski definition) is 0. The minimum absolute atomic E-state index is 0.0157. The summed E-state index contributed by atoms with van der Waals surface area (Å²) in [5.41, 5.74) is 0.466. The quantitative estimate of drug-likeness (QED) is 0.531. The fourth-order valence-electron chi connectivity index (χ4n) is 3.25. The number of Topliss-reactive ketones (excluding diaryl/α,β-unsaturated/α-hetero) is 1. The van der Waals surface area contributed by atoms with Crippen molar-refractivity contribution in [2.75, 3.05) is 13.1 Å². The highest BCUT2D eigenvalue weighted by Crippen LogP contribution is 2.25. The molecule has 1 aliphatic heterocycles. The molecule has 2 aromatic rings. The van der Waals surface area contributed by atoms with Crippen LogP contribution >= 0.6 is 0 Å². The molecule has 1 fully saturated rings. The summed E-state index contributed by atoms with van der Waals surface area (Å²) in [6.45, 7) is 1.84. The van der Waals surface area contributed by atoms with E-state index in [0.717, 1.165) is 12.1 Å². The van der Waals surface area contributed by atoms with E-state index in [-0.39, 0.29) is 23.8 Å². The van der Waals surface area contributed by atoms with Crippen molar-refractivity contribution in [1.82, 2.24) is 4.31 Å². The molecule has 154 valence electrons. The molecule has 29 heavy (non-hydrogen) atoms. The molecule has 8 heteroatoms. The van der Waals surface area contributed by atoms with E-state index in [9.17, 15) is 22.4 Å². The van der Waals surface area contributed by atoms with Crippen LogP contribution in [0.5, 0.6) is 0 Å². The Morgan fingerprint density at radius 3 is 2.21 bits per heavy atom. The Balaban J connectivity index is 1.56. The van der Waals surface area contributed by atoms with Gasteiger partial charge in [0.15, 0.2) is 6.10 Å². The van der Waals surface area contributed by atoms with Crippen LogP contribution in [0.15, 0.2) is 59.5 Å². The number of ether oxygens (including phenoxy) is 1. The summed E-state index contributed by atoms with van der Waals surface area (Å²) in [5.74, 6) is -1.76. The molecule has 0 spiro atoms. The van der Waals surface area contributed by atoms with Crippen molar-refractivity contribution in [1.29, 1.82) is 0 Å². The molecule has 1 unspecified atom stereocenters. The number of nitrogens with zero attached hydrogens (tertiary/aromatic N) is 1. The summed E-state index contributed by atoms with van der Waals surface area (Å²) in [4.78, 5) is 24.8. The molecule has 1 saturated heterocycles. The average Bonchev–Trinajstić information content (AvgIpc) is 2.74. The standard InChI is InChI=1S/C21H22FNO5S/c1-15(20(24)16-5-3-2-4-6-16)28-21(25)17-11-13-23(14-12-17)29(26,27)19-9-7-18(22)8-10-19/h2-10,15,17H,11-14H2,1H3. The molecule has 0 aromatic heterocycles. The number of halogens is 1. The predicted octanol–water partition coefficient (Wildman–Crippen LogP) is 3.04. The molecule has 2 aromatic carbocycles. The second-order valence-corrected chi connectivity index (χ2v) is 8.88. The summed E-state index contributed by atoms with van der Waals surface area (Å²) in [5, 5.41) is 0. The van der Waals surface area contributed by atoms with Crippen LogP contribution in [0.3, 0.4) is 0 Å². The van der Waals surface area contributed by atoms with E-state index in [1.165, 1.54) is 23.4 Å². The highest BCUT2D eigenvalue weighted by Gasteiger charge is 2.34. The first-order chi connectivity index (χ1) is 13.8.